The smallest absolute Gasteiger partial charge is 0.261 e. The van der Waals surface area contributed by atoms with Crippen molar-refractivity contribution in [1.82, 2.24) is 9.80 Å². The molecule has 6 heteroatoms. The van der Waals surface area contributed by atoms with Crippen LogP contribution < -0.4 is 0 Å². The minimum Gasteiger partial charge on any atom is -0.277 e. The first kappa shape index (κ1) is 22.8. The van der Waals surface area contributed by atoms with E-state index < -0.39 is 0 Å². The zero-order chi connectivity index (χ0) is 27.3. The highest BCUT2D eigenvalue weighted by Gasteiger charge is 2.39. The van der Waals surface area contributed by atoms with Crippen molar-refractivity contribution in [3.05, 3.63) is 67.8 Å². The lowest BCUT2D eigenvalue weighted by molar-refractivity contribution is 0.0634. The summed E-state index contributed by atoms with van der Waals surface area (Å²) in [6, 6.07) is 4.10. The van der Waals surface area contributed by atoms with Gasteiger partial charge < -0.3 is 0 Å². The molecule has 5 aromatic carbocycles. The quantitative estimate of drug-likeness (QED) is 0.147. The molecule has 0 spiro atoms. The third kappa shape index (κ3) is 2.23. The van der Waals surface area contributed by atoms with Crippen molar-refractivity contribution >= 4 is 66.7 Å². The summed E-state index contributed by atoms with van der Waals surface area (Å²) in [5, 5.41) is 7.07. The Morgan fingerprint density at radius 2 is 0.737 bits per heavy atom. The Hall–Kier alpha value is -4.32. The highest BCUT2D eigenvalue weighted by atomic mass is 16.2. The number of hydrogen-bond donors (Lipinski definition) is 0. The van der Waals surface area contributed by atoms with Crippen LogP contribution in [0.1, 0.15) is 74.8 Å². The van der Waals surface area contributed by atoms with Crippen LogP contribution in [0.2, 0.25) is 0 Å². The van der Waals surface area contributed by atoms with Crippen LogP contribution in [0.5, 0.6) is 0 Å². The molecule has 2 aliphatic rings. The fraction of sp³-hybridized carbons (Fsp3) is 0.250. The molecule has 0 aliphatic carbocycles. The maximum atomic E-state index is 13.5. The minimum absolute atomic E-state index is 0.287. The van der Waals surface area contributed by atoms with Crippen LogP contribution >= 0.6 is 0 Å². The molecule has 38 heavy (non-hydrogen) atoms. The van der Waals surface area contributed by atoms with E-state index in [1.54, 1.807) is 14.1 Å². The van der Waals surface area contributed by atoms with Gasteiger partial charge >= 0.3 is 0 Å². The monoisotopic (exact) mass is 502 g/mol. The number of carbonyl (C=O) groups is 4. The van der Waals surface area contributed by atoms with Gasteiger partial charge in [-0.05, 0) is 119 Å². The summed E-state index contributed by atoms with van der Waals surface area (Å²) < 4.78 is 0. The molecule has 4 amide bonds. The van der Waals surface area contributed by atoms with E-state index in [-0.39, 0.29) is 23.6 Å². The molecule has 2 heterocycles. The van der Waals surface area contributed by atoms with Crippen molar-refractivity contribution in [3.8, 4) is 0 Å². The second-order valence-corrected chi connectivity index (χ2v) is 11.1. The van der Waals surface area contributed by atoms with Gasteiger partial charge in [0.25, 0.3) is 23.6 Å². The lowest BCUT2D eigenvalue weighted by Crippen LogP contribution is -2.38. The third-order valence-corrected chi connectivity index (χ3v) is 9.29. The van der Waals surface area contributed by atoms with Crippen LogP contribution in [0, 0.1) is 41.5 Å². The van der Waals surface area contributed by atoms with E-state index >= 15 is 0 Å². The average molecular weight is 503 g/mol. The SMILES string of the molecule is Cc1cc2c3c(C)c(C)c4c5c(c(C)cc(c6c(C)c(C)c7c(c1C(=O)N(C)C7=O)c26)c53)C(=O)N(C)C4=O. The van der Waals surface area contributed by atoms with Gasteiger partial charge in [0.05, 0.1) is 22.3 Å². The molecule has 7 rings (SSSR count). The number of carbonyl (C=O) groups excluding carboxylic acids is 4. The first-order chi connectivity index (χ1) is 17.9. The molecule has 0 saturated heterocycles. The van der Waals surface area contributed by atoms with Crippen molar-refractivity contribution < 1.29 is 19.2 Å². The third-order valence-electron chi connectivity index (χ3n) is 9.29. The van der Waals surface area contributed by atoms with Gasteiger partial charge in [-0.3, -0.25) is 29.0 Å². The zero-order valence-corrected chi connectivity index (χ0v) is 22.7. The van der Waals surface area contributed by atoms with Crippen molar-refractivity contribution in [2.45, 2.75) is 41.5 Å². The van der Waals surface area contributed by atoms with Gasteiger partial charge in [-0.15, -0.1) is 0 Å². The van der Waals surface area contributed by atoms with Crippen molar-refractivity contribution in [2.24, 2.45) is 0 Å². The number of fused-ring (bicyclic) bond motifs is 2. The van der Waals surface area contributed by atoms with E-state index in [0.29, 0.717) is 33.0 Å². The predicted molar refractivity (Wildman–Crippen MR) is 149 cm³/mol. The van der Waals surface area contributed by atoms with Crippen molar-refractivity contribution in [3.63, 3.8) is 0 Å². The molecule has 0 fully saturated rings. The average Bonchev–Trinajstić information content (AvgIpc) is 2.87. The number of amides is 4. The highest BCUT2D eigenvalue weighted by Crippen LogP contribution is 2.51. The van der Waals surface area contributed by atoms with E-state index in [4.69, 9.17) is 0 Å². The maximum Gasteiger partial charge on any atom is 0.261 e. The van der Waals surface area contributed by atoms with Gasteiger partial charge in [-0.2, -0.15) is 0 Å². The minimum atomic E-state index is -0.292. The Bertz CT molecular complexity index is 1930. The zero-order valence-electron chi connectivity index (χ0n) is 22.7. The maximum absolute atomic E-state index is 13.5. The Labute approximate surface area is 219 Å². The fourth-order valence-corrected chi connectivity index (χ4v) is 7.16. The van der Waals surface area contributed by atoms with Gasteiger partial charge in [-0.25, -0.2) is 0 Å². The number of nitrogens with zero attached hydrogens (tertiary/aromatic N) is 2. The first-order valence-electron chi connectivity index (χ1n) is 12.8. The molecule has 0 bridgehead atoms. The molecule has 2 aliphatic heterocycles. The first-order valence-corrected chi connectivity index (χ1v) is 12.8. The molecule has 0 unspecified atom stereocenters. The van der Waals surface area contributed by atoms with Crippen LogP contribution in [0.25, 0.3) is 43.1 Å². The molecule has 0 aromatic heterocycles. The standard InChI is InChI=1S/C32H26N2O4/c1-11-9-17-21-13(3)16(6)24-28-20(30(36)34(8)32(24)38)12(2)10-18(26(21)28)22-14(4)15(5)23-27(25(17)22)19(11)29(35)33(7)31(23)37/h9-10H,1-8H3. The Balaban J connectivity index is 1.92. The van der Waals surface area contributed by atoms with E-state index in [2.05, 4.69) is 0 Å². The second-order valence-electron chi connectivity index (χ2n) is 11.1. The molecule has 0 radical (unpaired) electrons. The summed E-state index contributed by atoms with van der Waals surface area (Å²) in [5.74, 6) is -1.16. The van der Waals surface area contributed by atoms with Gasteiger partial charge in [-0.1, -0.05) is 0 Å². The highest BCUT2D eigenvalue weighted by molar-refractivity contribution is 6.43. The largest absolute Gasteiger partial charge is 0.277 e. The summed E-state index contributed by atoms with van der Waals surface area (Å²) in [6.45, 7) is 11.8. The molecule has 5 aromatic rings. The second kappa shape index (κ2) is 6.76. The molecule has 6 nitrogen and oxygen atoms in total. The van der Waals surface area contributed by atoms with Gasteiger partial charge in [0.2, 0.25) is 0 Å². The number of rotatable bonds is 0. The summed E-state index contributed by atoms with van der Waals surface area (Å²) in [7, 11) is 3.08. The van der Waals surface area contributed by atoms with Gasteiger partial charge in [0.1, 0.15) is 0 Å². The Morgan fingerprint density at radius 3 is 1.08 bits per heavy atom. The Morgan fingerprint density at radius 1 is 0.421 bits per heavy atom. The van der Waals surface area contributed by atoms with Crippen LogP contribution in [-0.2, 0) is 0 Å². The van der Waals surface area contributed by atoms with Crippen molar-refractivity contribution in [1.29, 1.82) is 0 Å². The fourth-order valence-electron chi connectivity index (χ4n) is 7.16. The molecule has 0 atom stereocenters. The summed E-state index contributed by atoms with van der Waals surface area (Å²) in [4.78, 5) is 56.3. The molecular weight excluding hydrogens is 476 g/mol. The molecular formula is C32H26N2O4. The van der Waals surface area contributed by atoms with Gasteiger partial charge in [0.15, 0.2) is 0 Å². The number of imide groups is 2. The van der Waals surface area contributed by atoms with Gasteiger partial charge in [0, 0.05) is 24.9 Å². The van der Waals surface area contributed by atoms with Crippen LogP contribution in [0.3, 0.4) is 0 Å². The normalized spacial score (nSPS) is 15.5. The van der Waals surface area contributed by atoms with Crippen LogP contribution in [0.4, 0.5) is 0 Å². The van der Waals surface area contributed by atoms with Crippen LogP contribution in [-0.4, -0.2) is 47.5 Å². The van der Waals surface area contributed by atoms with E-state index in [9.17, 15) is 19.2 Å². The number of aryl methyl sites for hydroxylation is 4. The van der Waals surface area contributed by atoms with Crippen LogP contribution in [0.15, 0.2) is 12.1 Å². The summed E-state index contributed by atoms with van der Waals surface area (Å²) >= 11 is 0. The lowest BCUT2D eigenvalue weighted by Gasteiger charge is -2.32. The predicted octanol–water partition coefficient (Wildman–Crippen LogP) is 6.04. The lowest BCUT2D eigenvalue weighted by atomic mass is 9.76. The van der Waals surface area contributed by atoms with E-state index in [0.717, 1.165) is 65.7 Å². The number of hydrogen-bond acceptors (Lipinski definition) is 4. The van der Waals surface area contributed by atoms with E-state index in [1.165, 1.54) is 9.80 Å². The summed E-state index contributed by atoms with van der Waals surface area (Å²) in [5.41, 5.74) is 7.51. The molecule has 188 valence electrons. The number of benzene rings is 5. The van der Waals surface area contributed by atoms with E-state index in [1.807, 2.05) is 53.7 Å². The molecule has 0 saturated carbocycles. The molecule has 0 N–H and O–H groups in total. The van der Waals surface area contributed by atoms with Crippen molar-refractivity contribution in [2.75, 3.05) is 14.1 Å². The topological polar surface area (TPSA) is 74.8 Å². The Kier molecular flexibility index (Phi) is 4.06. The summed E-state index contributed by atoms with van der Waals surface area (Å²) in [6.07, 6.45) is 0.